The van der Waals surface area contributed by atoms with Crippen LogP contribution in [0.15, 0.2) is 12.2 Å². The van der Waals surface area contributed by atoms with Crippen molar-refractivity contribution in [1.82, 2.24) is 0 Å². The second kappa shape index (κ2) is 7.44. The van der Waals surface area contributed by atoms with E-state index in [9.17, 15) is 0 Å². The Labute approximate surface area is 88.2 Å². The van der Waals surface area contributed by atoms with Gasteiger partial charge in [0.05, 0.1) is 6.61 Å². The van der Waals surface area contributed by atoms with E-state index >= 15 is 0 Å². The molecule has 76 valence electrons. The lowest BCUT2D eigenvalue weighted by molar-refractivity contribution is 0.342. The van der Waals surface area contributed by atoms with E-state index in [0.29, 0.717) is 0 Å². The van der Waals surface area contributed by atoms with Crippen molar-refractivity contribution in [1.29, 1.82) is 0 Å². The van der Waals surface area contributed by atoms with Crippen LogP contribution in [0.4, 0.5) is 0 Å². The van der Waals surface area contributed by atoms with Crippen LogP contribution in [-0.2, 0) is 0 Å². The van der Waals surface area contributed by atoms with Crippen LogP contribution in [0.5, 0.6) is 0 Å². The fourth-order valence-electron chi connectivity index (χ4n) is 0.673. The van der Waals surface area contributed by atoms with Crippen molar-refractivity contribution in [2.45, 2.75) is 32.5 Å². The highest BCUT2D eigenvalue weighted by molar-refractivity contribution is 6.83. The molecule has 2 heteroatoms. The topological polar surface area (TPSA) is 20.2 Å². The third-order valence-corrected chi connectivity index (χ3v) is 2.17. The summed E-state index contributed by atoms with van der Waals surface area (Å²) in [6.45, 7) is 6.71. The maximum atomic E-state index is 8.46. The second-order valence-corrected chi connectivity index (χ2v) is 8.74. The number of aliphatic hydroxyl groups excluding tert-OH is 1. The van der Waals surface area contributed by atoms with Crippen molar-refractivity contribution in [3.05, 3.63) is 12.2 Å². The van der Waals surface area contributed by atoms with Crippen LogP contribution < -0.4 is 0 Å². The predicted octanol–water partition coefficient (Wildman–Crippen LogP) is 2.20. The van der Waals surface area contributed by atoms with Crippen LogP contribution in [0.25, 0.3) is 0 Å². The predicted molar refractivity (Wildman–Crippen MR) is 64.4 cm³/mol. The molecular formula is C12H18OSi. The van der Waals surface area contributed by atoms with Crippen LogP contribution in [0, 0.1) is 23.3 Å². The molecular weight excluding hydrogens is 188 g/mol. The summed E-state index contributed by atoms with van der Waals surface area (Å²) >= 11 is 0. The van der Waals surface area contributed by atoms with Crippen LogP contribution >= 0.6 is 0 Å². The van der Waals surface area contributed by atoms with Crippen molar-refractivity contribution >= 4 is 8.07 Å². The summed E-state index contributed by atoms with van der Waals surface area (Å²) in [4.78, 5) is 0. The first-order valence-corrected chi connectivity index (χ1v) is 8.32. The third-order valence-electron chi connectivity index (χ3n) is 1.30. The number of rotatable bonds is 3. The summed E-state index contributed by atoms with van der Waals surface area (Å²) in [7, 11) is -1.25. The SMILES string of the molecule is C[Si](C)(C)C#CC#CCCC=CCO. The molecule has 0 unspecified atom stereocenters. The van der Waals surface area contributed by atoms with Gasteiger partial charge in [0.2, 0.25) is 0 Å². The standard InChI is InChI=1S/C12H18OSi/c1-14(2,3)12-10-8-6-4-5-7-9-11-13/h7,9,13H,4-5,11H2,1-3H3. The summed E-state index contributed by atoms with van der Waals surface area (Å²) in [6, 6.07) is 0. The minimum Gasteiger partial charge on any atom is -0.392 e. The van der Waals surface area contributed by atoms with E-state index in [-0.39, 0.29) is 6.61 Å². The first-order valence-electron chi connectivity index (χ1n) is 4.82. The number of unbranched alkanes of at least 4 members (excludes halogenated alkanes) is 1. The van der Waals surface area contributed by atoms with Gasteiger partial charge in [-0.25, -0.2) is 0 Å². The normalized spacial score (nSPS) is 10.3. The molecule has 14 heavy (non-hydrogen) atoms. The van der Waals surface area contributed by atoms with E-state index in [0.717, 1.165) is 12.8 Å². The van der Waals surface area contributed by atoms with Crippen LogP contribution in [0.3, 0.4) is 0 Å². The largest absolute Gasteiger partial charge is 0.392 e. The Kier molecular flexibility index (Phi) is 6.93. The molecule has 0 saturated heterocycles. The van der Waals surface area contributed by atoms with Gasteiger partial charge < -0.3 is 5.11 Å². The second-order valence-electron chi connectivity index (χ2n) is 3.99. The molecule has 0 aromatic rings. The van der Waals surface area contributed by atoms with Gasteiger partial charge in [0, 0.05) is 6.42 Å². The van der Waals surface area contributed by atoms with Crippen molar-refractivity contribution in [2.24, 2.45) is 0 Å². The molecule has 0 amide bonds. The van der Waals surface area contributed by atoms with Crippen molar-refractivity contribution in [3.8, 4) is 23.3 Å². The third kappa shape index (κ3) is 11.0. The fraction of sp³-hybridized carbons (Fsp3) is 0.500. The maximum Gasteiger partial charge on any atom is 0.130 e. The van der Waals surface area contributed by atoms with Crippen molar-refractivity contribution < 1.29 is 5.11 Å². The van der Waals surface area contributed by atoms with Crippen molar-refractivity contribution in [2.75, 3.05) is 6.61 Å². The Morgan fingerprint density at radius 2 is 1.86 bits per heavy atom. The number of allylic oxidation sites excluding steroid dienone is 1. The summed E-state index contributed by atoms with van der Waals surface area (Å²) < 4.78 is 0. The smallest absolute Gasteiger partial charge is 0.130 e. The highest BCUT2D eigenvalue weighted by atomic mass is 28.3. The molecule has 0 saturated carbocycles. The lowest BCUT2D eigenvalue weighted by Crippen LogP contribution is -2.16. The van der Waals surface area contributed by atoms with E-state index in [1.54, 1.807) is 6.08 Å². The number of aliphatic hydroxyl groups is 1. The maximum absolute atomic E-state index is 8.46. The Hall–Kier alpha value is -0.963. The van der Waals surface area contributed by atoms with Gasteiger partial charge in [0.25, 0.3) is 0 Å². The highest BCUT2D eigenvalue weighted by Gasteiger charge is 2.06. The monoisotopic (exact) mass is 206 g/mol. The van der Waals surface area contributed by atoms with Gasteiger partial charge in [-0.3, -0.25) is 0 Å². The van der Waals surface area contributed by atoms with Gasteiger partial charge in [0.1, 0.15) is 8.07 Å². The van der Waals surface area contributed by atoms with Gasteiger partial charge in [-0.15, -0.1) is 5.54 Å². The van der Waals surface area contributed by atoms with Gasteiger partial charge in [-0.05, 0) is 18.3 Å². The molecule has 0 spiro atoms. The summed E-state index contributed by atoms with van der Waals surface area (Å²) in [5.41, 5.74) is 3.18. The van der Waals surface area contributed by atoms with Gasteiger partial charge >= 0.3 is 0 Å². The lowest BCUT2D eigenvalue weighted by atomic mass is 10.3. The molecule has 0 aliphatic rings. The zero-order chi connectivity index (χ0) is 10.9. The van der Waals surface area contributed by atoms with E-state index < -0.39 is 8.07 Å². The minimum absolute atomic E-state index is 0.114. The Morgan fingerprint density at radius 1 is 1.14 bits per heavy atom. The molecule has 0 rings (SSSR count). The van der Waals surface area contributed by atoms with Crippen LogP contribution in [0.1, 0.15) is 12.8 Å². The molecule has 0 fully saturated rings. The number of hydrogen-bond acceptors (Lipinski definition) is 1. The van der Waals surface area contributed by atoms with E-state index in [1.807, 2.05) is 6.08 Å². The zero-order valence-corrected chi connectivity index (χ0v) is 10.2. The van der Waals surface area contributed by atoms with Gasteiger partial charge in [-0.2, -0.15) is 0 Å². The minimum atomic E-state index is -1.25. The quantitative estimate of drug-likeness (QED) is 0.325. The van der Waals surface area contributed by atoms with Gasteiger partial charge in [0.15, 0.2) is 0 Å². The van der Waals surface area contributed by atoms with Gasteiger partial charge in [-0.1, -0.05) is 37.7 Å². The number of hydrogen-bond donors (Lipinski definition) is 1. The van der Waals surface area contributed by atoms with Crippen LogP contribution in [-0.4, -0.2) is 19.8 Å². The lowest BCUT2D eigenvalue weighted by Gasteiger charge is -2.01. The Bertz CT molecular complexity index is 288. The first kappa shape index (κ1) is 13.0. The average molecular weight is 206 g/mol. The van der Waals surface area contributed by atoms with Crippen molar-refractivity contribution in [3.63, 3.8) is 0 Å². The summed E-state index contributed by atoms with van der Waals surface area (Å²) in [5, 5.41) is 8.46. The molecule has 0 radical (unpaired) electrons. The van der Waals surface area contributed by atoms with E-state index in [1.165, 1.54) is 0 Å². The van der Waals surface area contributed by atoms with E-state index in [4.69, 9.17) is 5.11 Å². The molecule has 0 bridgehead atoms. The molecule has 0 aromatic carbocycles. The molecule has 0 atom stereocenters. The van der Waals surface area contributed by atoms with E-state index in [2.05, 4.69) is 42.9 Å². The molecule has 1 N–H and O–H groups in total. The summed E-state index contributed by atoms with van der Waals surface area (Å²) in [5.74, 6) is 8.72. The first-order chi connectivity index (χ1) is 6.56. The molecule has 1 nitrogen and oxygen atoms in total. The Balaban J connectivity index is 3.73. The molecule has 0 aliphatic heterocycles. The summed E-state index contributed by atoms with van der Waals surface area (Å²) in [6.07, 6.45) is 5.37. The highest BCUT2D eigenvalue weighted by Crippen LogP contribution is 1.95. The molecule has 0 heterocycles. The zero-order valence-electron chi connectivity index (χ0n) is 9.22. The van der Waals surface area contributed by atoms with Crippen LogP contribution in [0.2, 0.25) is 19.6 Å². The molecule has 0 aliphatic carbocycles. The average Bonchev–Trinajstić information content (AvgIpc) is 2.08. The Morgan fingerprint density at radius 3 is 2.43 bits per heavy atom. The molecule has 0 aromatic heterocycles. The fourth-order valence-corrected chi connectivity index (χ4v) is 1.11.